The number of amides is 1. The first-order valence-corrected chi connectivity index (χ1v) is 9.06. The van der Waals surface area contributed by atoms with Crippen LogP contribution in [0, 0.1) is 12.8 Å². The third-order valence-electron chi connectivity index (χ3n) is 5.33. The second-order valence-corrected chi connectivity index (χ2v) is 7.05. The van der Waals surface area contributed by atoms with E-state index in [1.807, 2.05) is 17.0 Å². The predicted molar refractivity (Wildman–Crippen MR) is 92.9 cm³/mol. The predicted octanol–water partition coefficient (Wildman–Crippen LogP) is 2.47. The van der Waals surface area contributed by atoms with Gasteiger partial charge in [0.15, 0.2) is 5.69 Å². The Hall–Kier alpha value is -2.41. The van der Waals surface area contributed by atoms with Crippen molar-refractivity contribution >= 4 is 5.91 Å². The van der Waals surface area contributed by atoms with Gasteiger partial charge in [-0.05, 0) is 38.3 Å². The smallest absolute Gasteiger partial charge is 0.276 e. The molecule has 0 bridgehead atoms. The number of aromatic nitrogens is 2. The molecule has 1 saturated heterocycles. The van der Waals surface area contributed by atoms with E-state index in [1.165, 1.54) is 0 Å². The van der Waals surface area contributed by atoms with E-state index in [0.717, 1.165) is 25.0 Å². The molecule has 1 aliphatic heterocycles. The second-order valence-electron chi connectivity index (χ2n) is 7.05. The van der Waals surface area contributed by atoms with Crippen molar-refractivity contribution in [3.8, 4) is 5.75 Å². The summed E-state index contributed by atoms with van der Waals surface area (Å²) in [6.07, 6.45) is 6.49. The van der Waals surface area contributed by atoms with Gasteiger partial charge in [0, 0.05) is 24.7 Å². The molecule has 0 radical (unpaired) electrons. The van der Waals surface area contributed by atoms with Gasteiger partial charge < -0.3 is 18.9 Å². The average molecular weight is 357 g/mol. The van der Waals surface area contributed by atoms with E-state index >= 15 is 0 Å². The molecule has 1 spiro atoms. The fraction of sp³-hybridized carbons (Fsp3) is 0.526. The monoisotopic (exact) mass is 357 g/mol. The van der Waals surface area contributed by atoms with Gasteiger partial charge in [0.2, 0.25) is 0 Å². The Kier molecular flexibility index (Phi) is 4.63. The Morgan fingerprint density at radius 1 is 1.50 bits per heavy atom. The van der Waals surface area contributed by atoms with Gasteiger partial charge in [-0.3, -0.25) is 9.78 Å². The minimum atomic E-state index is -0.338. The Labute approximate surface area is 152 Å². The zero-order chi connectivity index (χ0) is 18.0. The van der Waals surface area contributed by atoms with E-state index in [0.29, 0.717) is 37.8 Å². The lowest BCUT2D eigenvalue weighted by Crippen LogP contribution is -2.56. The fourth-order valence-corrected chi connectivity index (χ4v) is 3.99. The Bertz CT molecular complexity index is 763. The van der Waals surface area contributed by atoms with Crippen molar-refractivity contribution in [2.45, 2.75) is 31.8 Å². The maximum atomic E-state index is 12.7. The lowest BCUT2D eigenvalue weighted by molar-refractivity contribution is -0.126. The molecule has 2 aromatic heterocycles. The number of carbonyl (C=O) groups is 1. The summed E-state index contributed by atoms with van der Waals surface area (Å²) in [7, 11) is 0. The topological polar surface area (TPSA) is 77.7 Å². The van der Waals surface area contributed by atoms with E-state index < -0.39 is 0 Å². The standard InChI is InChI=1S/C19H23N3O4/c1-14-10-17(21-26-14)18(23)22-8-9-25-19(13-22)6-2-4-15(19)12-24-16-5-3-7-20-11-16/h3,5,7,10-11,15H,2,4,6,8-9,12-13H2,1H3/t15-,19-/m1/s1. The van der Waals surface area contributed by atoms with Crippen LogP contribution in [0.2, 0.25) is 0 Å². The van der Waals surface area contributed by atoms with Crippen LogP contribution in [0.1, 0.15) is 35.5 Å². The number of ether oxygens (including phenoxy) is 2. The van der Waals surface area contributed by atoms with E-state index in [2.05, 4.69) is 10.1 Å². The molecular formula is C19H23N3O4. The molecule has 26 heavy (non-hydrogen) atoms. The summed E-state index contributed by atoms with van der Waals surface area (Å²) in [5.41, 5.74) is 0.0234. The number of hydrogen-bond acceptors (Lipinski definition) is 6. The van der Waals surface area contributed by atoms with Gasteiger partial charge >= 0.3 is 0 Å². The molecule has 2 aliphatic rings. The number of carbonyl (C=O) groups excluding carboxylic acids is 1. The summed E-state index contributed by atoms with van der Waals surface area (Å²) in [4.78, 5) is 18.7. The quantitative estimate of drug-likeness (QED) is 0.836. The Morgan fingerprint density at radius 2 is 2.42 bits per heavy atom. The largest absolute Gasteiger partial charge is 0.492 e. The van der Waals surface area contributed by atoms with Crippen LogP contribution in [0.25, 0.3) is 0 Å². The van der Waals surface area contributed by atoms with E-state index in [4.69, 9.17) is 14.0 Å². The summed E-state index contributed by atoms with van der Waals surface area (Å²) < 4.78 is 17.2. The van der Waals surface area contributed by atoms with Crippen LogP contribution in [-0.4, -0.2) is 52.9 Å². The van der Waals surface area contributed by atoms with Gasteiger partial charge in [-0.1, -0.05) is 5.16 Å². The van der Waals surface area contributed by atoms with E-state index in [1.54, 1.807) is 25.4 Å². The summed E-state index contributed by atoms with van der Waals surface area (Å²) in [6, 6.07) is 5.44. The SMILES string of the molecule is Cc1cc(C(=O)N2CCO[C@]3(CCC[C@@H]3COc3cccnc3)C2)no1. The molecule has 7 nitrogen and oxygen atoms in total. The second kappa shape index (κ2) is 7.07. The van der Waals surface area contributed by atoms with Crippen LogP contribution in [0.3, 0.4) is 0 Å². The number of hydrogen-bond donors (Lipinski definition) is 0. The van der Waals surface area contributed by atoms with Gasteiger partial charge in [-0.25, -0.2) is 0 Å². The third kappa shape index (κ3) is 3.31. The molecule has 3 heterocycles. The first-order chi connectivity index (χ1) is 12.7. The van der Waals surface area contributed by atoms with Gasteiger partial charge in [-0.2, -0.15) is 0 Å². The van der Waals surface area contributed by atoms with Gasteiger partial charge in [0.1, 0.15) is 11.5 Å². The van der Waals surface area contributed by atoms with Crippen LogP contribution in [0.4, 0.5) is 0 Å². The van der Waals surface area contributed by atoms with Crippen molar-refractivity contribution < 1.29 is 18.8 Å². The molecule has 1 aliphatic carbocycles. The van der Waals surface area contributed by atoms with Gasteiger partial charge in [-0.15, -0.1) is 0 Å². The van der Waals surface area contributed by atoms with Crippen LogP contribution < -0.4 is 4.74 Å². The molecule has 0 unspecified atom stereocenters. The summed E-state index contributed by atoms with van der Waals surface area (Å²) in [5, 5.41) is 3.86. The Balaban J connectivity index is 1.45. The molecular weight excluding hydrogens is 334 g/mol. The average Bonchev–Trinajstić information content (AvgIpc) is 3.27. The van der Waals surface area contributed by atoms with Crippen molar-refractivity contribution in [3.63, 3.8) is 0 Å². The summed E-state index contributed by atoms with van der Waals surface area (Å²) in [5.74, 6) is 1.55. The number of pyridine rings is 1. The summed E-state index contributed by atoms with van der Waals surface area (Å²) in [6.45, 7) is 4.03. The lowest BCUT2D eigenvalue weighted by atomic mass is 9.89. The summed E-state index contributed by atoms with van der Waals surface area (Å²) >= 11 is 0. The van der Waals surface area contributed by atoms with Crippen molar-refractivity contribution in [1.29, 1.82) is 0 Å². The van der Waals surface area contributed by atoms with E-state index in [-0.39, 0.29) is 17.4 Å². The molecule has 2 aromatic rings. The number of rotatable bonds is 4. The normalized spacial score (nSPS) is 25.6. The minimum absolute atomic E-state index is 0.0941. The first kappa shape index (κ1) is 17.0. The van der Waals surface area contributed by atoms with Gasteiger partial charge in [0.05, 0.1) is 31.6 Å². The maximum absolute atomic E-state index is 12.7. The van der Waals surface area contributed by atoms with Crippen molar-refractivity contribution in [1.82, 2.24) is 15.0 Å². The highest BCUT2D eigenvalue weighted by Crippen LogP contribution is 2.41. The number of morpholine rings is 1. The molecule has 1 saturated carbocycles. The molecule has 1 amide bonds. The van der Waals surface area contributed by atoms with Crippen molar-refractivity contribution in [2.75, 3.05) is 26.3 Å². The fourth-order valence-electron chi connectivity index (χ4n) is 3.99. The molecule has 2 atom stereocenters. The van der Waals surface area contributed by atoms with Crippen LogP contribution in [0.15, 0.2) is 35.1 Å². The molecule has 0 aromatic carbocycles. The highest BCUT2D eigenvalue weighted by Gasteiger charge is 2.48. The minimum Gasteiger partial charge on any atom is -0.492 e. The zero-order valence-corrected chi connectivity index (χ0v) is 14.9. The molecule has 0 N–H and O–H groups in total. The third-order valence-corrected chi connectivity index (χ3v) is 5.33. The Morgan fingerprint density at radius 3 is 3.19 bits per heavy atom. The highest BCUT2D eigenvalue weighted by atomic mass is 16.5. The maximum Gasteiger partial charge on any atom is 0.276 e. The lowest BCUT2D eigenvalue weighted by Gasteiger charge is -2.43. The molecule has 7 heteroatoms. The molecule has 4 rings (SSSR count). The van der Waals surface area contributed by atoms with E-state index in [9.17, 15) is 4.79 Å². The zero-order valence-electron chi connectivity index (χ0n) is 14.9. The van der Waals surface area contributed by atoms with Crippen molar-refractivity contribution in [2.24, 2.45) is 5.92 Å². The van der Waals surface area contributed by atoms with Crippen LogP contribution >= 0.6 is 0 Å². The first-order valence-electron chi connectivity index (χ1n) is 9.06. The number of aryl methyl sites for hydroxylation is 1. The molecule has 2 fully saturated rings. The highest BCUT2D eigenvalue weighted by molar-refractivity contribution is 5.92. The molecule has 138 valence electrons. The van der Waals surface area contributed by atoms with Crippen LogP contribution in [-0.2, 0) is 4.74 Å². The van der Waals surface area contributed by atoms with Crippen molar-refractivity contribution in [3.05, 3.63) is 42.0 Å². The van der Waals surface area contributed by atoms with Gasteiger partial charge in [0.25, 0.3) is 5.91 Å². The number of nitrogens with zero attached hydrogens (tertiary/aromatic N) is 3. The van der Waals surface area contributed by atoms with Crippen LogP contribution in [0.5, 0.6) is 5.75 Å².